The van der Waals surface area contributed by atoms with Gasteiger partial charge in [-0.05, 0) is 44.2 Å². The zero-order valence-electron chi connectivity index (χ0n) is 15.3. The van der Waals surface area contributed by atoms with E-state index in [1.54, 1.807) is 6.26 Å². The summed E-state index contributed by atoms with van der Waals surface area (Å²) in [6.07, 6.45) is 6.31. The lowest BCUT2D eigenvalue weighted by atomic mass is 9.97. The van der Waals surface area contributed by atoms with Gasteiger partial charge in [0.05, 0.1) is 12.2 Å². The molecule has 3 rings (SSSR count). The van der Waals surface area contributed by atoms with Crippen molar-refractivity contribution in [2.45, 2.75) is 38.7 Å². The van der Waals surface area contributed by atoms with Crippen LogP contribution in [0.4, 0.5) is 4.79 Å². The molecule has 1 unspecified atom stereocenters. The van der Waals surface area contributed by atoms with E-state index < -0.39 is 0 Å². The van der Waals surface area contributed by atoms with Crippen molar-refractivity contribution in [2.24, 2.45) is 5.92 Å². The third kappa shape index (κ3) is 5.24. The summed E-state index contributed by atoms with van der Waals surface area (Å²) >= 11 is 0. The van der Waals surface area contributed by atoms with Gasteiger partial charge < -0.3 is 24.3 Å². The zero-order valence-corrected chi connectivity index (χ0v) is 15.3. The van der Waals surface area contributed by atoms with Crippen LogP contribution in [-0.2, 0) is 16.1 Å². The molecule has 0 spiro atoms. The Hall–Kier alpha value is -2.02. The van der Waals surface area contributed by atoms with E-state index in [0.29, 0.717) is 26.3 Å². The van der Waals surface area contributed by atoms with Crippen LogP contribution in [0.1, 0.15) is 37.9 Å². The van der Waals surface area contributed by atoms with Gasteiger partial charge in [0.2, 0.25) is 5.91 Å². The summed E-state index contributed by atoms with van der Waals surface area (Å²) in [6.45, 7) is 4.63. The van der Waals surface area contributed by atoms with Crippen molar-refractivity contribution in [2.75, 3.05) is 39.3 Å². The molecule has 2 fully saturated rings. The molecule has 1 atom stereocenters. The second-order valence-corrected chi connectivity index (χ2v) is 7.04. The lowest BCUT2D eigenvalue weighted by molar-refractivity contribution is -0.126. The summed E-state index contributed by atoms with van der Waals surface area (Å²) in [6, 6.07) is 3.81. The van der Waals surface area contributed by atoms with Crippen LogP contribution in [0.25, 0.3) is 0 Å². The second kappa shape index (κ2) is 9.62. The fourth-order valence-corrected chi connectivity index (χ4v) is 3.57. The Morgan fingerprint density at radius 3 is 2.77 bits per heavy atom. The first-order valence-electron chi connectivity index (χ1n) is 9.66. The van der Waals surface area contributed by atoms with Gasteiger partial charge in [-0.25, -0.2) is 4.79 Å². The number of carbonyl (C=O) groups excluding carboxylic acids is 2. The molecule has 2 aliphatic rings. The van der Waals surface area contributed by atoms with Crippen molar-refractivity contribution in [3.8, 4) is 0 Å². The highest BCUT2D eigenvalue weighted by molar-refractivity contribution is 5.81. The predicted octanol–water partition coefficient (Wildman–Crippen LogP) is 2.23. The molecular weight excluding hydrogens is 334 g/mol. The molecule has 0 aromatic carbocycles. The number of rotatable bonds is 7. The fraction of sp³-hybridized carbons (Fsp3) is 0.684. The minimum atomic E-state index is -0.0978. The number of ether oxygens (including phenoxy) is 1. The Balaban J connectivity index is 1.31. The average molecular weight is 363 g/mol. The summed E-state index contributed by atoms with van der Waals surface area (Å²) in [4.78, 5) is 28.6. The van der Waals surface area contributed by atoms with Gasteiger partial charge in [-0.2, -0.15) is 0 Å². The third-order valence-electron chi connectivity index (χ3n) is 5.03. The molecule has 144 valence electrons. The second-order valence-electron chi connectivity index (χ2n) is 7.04. The molecule has 0 saturated carbocycles. The molecule has 1 aromatic heterocycles. The van der Waals surface area contributed by atoms with E-state index in [4.69, 9.17) is 9.15 Å². The molecule has 7 nitrogen and oxygen atoms in total. The van der Waals surface area contributed by atoms with Crippen LogP contribution in [0.2, 0.25) is 0 Å². The maximum Gasteiger partial charge on any atom is 0.320 e. The van der Waals surface area contributed by atoms with Gasteiger partial charge in [0.25, 0.3) is 0 Å². The fourth-order valence-electron chi connectivity index (χ4n) is 3.57. The number of nitrogens with one attached hydrogen (secondary N) is 1. The topological polar surface area (TPSA) is 75.0 Å². The number of urea groups is 1. The van der Waals surface area contributed by atoms with E-state index >= 15 is 0 Å². The predicted molar refractivity (Wildman–Crippen MR) is 96.5 cm³/mol. The highest BCUT2D eigenvalue weighted by atomic mass is 16.5. The summed E-state index contributed by atoms with van der Waals surface area (Å²) < 4.78 is 10.7. The maximum atomic E-state index is 12.5. The first-order valence-corrected chi connectivity index (χ1v) is 9.66. The molecule has 3 heterocycles. The summed E-state index contributed by atoms with van der Waals surface area (Å²) in [5.41, 5.74) is 0. The number of amides is 3. The molecule has 7 heteroatoms. The Labute approximate surface area is 154 Å². The van der Waals surface area contributed by atoms with Crippen LogP contribution < -0.4 is 5.32 Å². The number of piperidine rings is 1. The minimum Gasteiger partial charge on any atom is -0.467 e. The van der Waals surface area contributed by atoms with Crippen LogP contribution in [0.5, 0.6) is 0 Å². The number of carbonyl (C=O) groups is 2. The van der Waals surface area contributed by atoms with Gasteiger partial charge in [0, 0.05) is 39.3 Å². The van der Waals surface area contributed by atoms with Gasteiger partial charge in [0.15, 0.2) is 0 Å². The van der Waals surface area contributed by atoms with Crippen molar-refractivity contribution in [3.05, 3.63) is 24.2 Å². The van der Waals surface area contributed by atoms with Gasteiger partial charge in [-0.3, -0.25) is 4.79 Å². The van der Waals surface area contributed by atoms with Gasteiger partial charge in [-0.15, -0.1) is 0 Å². The lowest BCUT2D eigenvalue weighted by Gasteiger charge is -2.34. The number of furan rings is 1. The molecule has 2 aliphatic heterocycles. The van der Waals surface area contributed by atoms with E-state index in [-0.39, 0.29) is 17.9 Å². The summed E-state index contributed by atoms with van der Waals surface area (Å²) in [5, 5.41) is 2.98. The molecule has 1 N–H and O–H groups in total. The van der Waals surface area contributed by atoms with Crippen molar-refractivity contribution < 1.29 is 18.7 Å². The van der Waals surface area contributed by atoms with Gasteiger partial charge in [-0.1, -0.05) is 0 Å². The average Bonchev–Trinajstić information content (AvgIpc) is 3.37. The van der Waals surface area contributed by atoms with Crippen LogP contribution in [0.15, 0.2) is 22.8 Å². The van der Waals surface area contributed by atoms with E-state index in [1.807, 2.05) is 21.9 Å². The molecule has 3 amide bonds. The molecule has 1 aromatic rings. The highest BCUT2D eigenvalue weighted by Crippen LogP contribution is 2.20. The Morgan fingerprint density at radius 1 is 1.19 bits per heavy atom. The molecule has 2 saturated heterocycles. The SMILES string of the molecule is O=C(NCCCOCc1ccco1)C1CCCN(C(=O)N2CCCC2)C1. The quantitative estimate of drug-likeness (QED) is 0.754. The van der Waals surface area contributed by atoms with Crippen molar-refractivity contribution in [1.29, 1.82) is 0 Å². The lowest BCUT2D eigenvalue weighted by Crippen LogP contribution is -2.49. The normalized spacial score (nSPS) is 20.4. The summed E-state index contributed by atoms with van der Waals surface area (Å²) in [7, 11) is 0. The molecular formula is C19H29N3O4. The molecule has 0 radical (unpaired) electrons. The highest BCUT2D eigenvalue weighted by Gasteiger charge is 2.31. The summed E-state index contributed by atoms with van der Waals surface area (Å²) in [5.74, 6) is 0.758. The number of nitrogens with zero attached hydrogens (tertiary/aromatic N) is 2. The van der Waals surface area contributed by atoms with Crippen LogP contribution >= 0.6 is 0 Å². The zero-order chi connectivity index (χ0) is 18.2. The van der Waals surface area contributed by atoms with Crippen LogP contribution in [0, 0.1) is 5.92 Å². The molecule has 26 heavy (non-hydrogen) atoms. The number of hydrogen-bond acceptors (Lipinski definition) is 4. The van der Waals surface area contributed by atoms with Crippen LogP contribution in [0.3, 0.4) is 0 Å². The number of likely N-dealkylation sites (tertiary alicyclic amines) is 2. The van der Waals surface area contributed by atoms with Crippen molar-refractivity contribution in [1.82, 2.24) is 15.1 Å². The standard InChI is InChI=1S/C19H29N3O4/c23-18(20-8-5-12-25-15-17-7-4-13-26-17)16-6-3-11-22(14-16)19(24)21-9-1-2-10-21/h4,7,13,16H,1-3,5-6,8-12,14-15H2,(H,20,23). The smallest absolute Gasteiger partial charge is 0.320 e. The first kappa shape index (κ1) is 18.8. The Kier molecular flexibility index (Phi) is 6.94. The first-order chi connectivity index (χ1) is 12.7. The largest absolute Gasteiger partial charge is 0.467 e. The van der Waals surface area contributed by atoms with E-state index in [0.717, 1.165) is 57.5 Å². The van der Waals surface area contributed by atoms with Crippen LogP contribution in [-0.4, -0.2) is 61.1 Å². The third-order valence-corrected chi connectivity index (χ3v) is 5.03. The van der Waals surface area contributed by atoms with Gasteiger partial charge >= 0.3 is 6.03 Å². The minimum absolute atomic E-state index is 0.0509. The van der Waals surface area contributed by atoms with Crippen molar-refractivity contribution >= 4 is 11.9 Å². The Morgan fingerprint density at radius 2 is 2.00 bits per heavy atom. The molecule has 0 aliphatic carbocycles. The number of hydrogen-bond donors (Lipinski definition) is 1. The monoisotopic (exact) mass is 363 g/mol. The van der Waals surface area contributed by atoms with Gasteiger partial charge in [0.1, 0.15) is 12.4 Å². The Bertz CT molecular complexity index is 569. The van der Waals surface area contributed by atoms with E-state index in [1.165, 1.54) is 0 Å². The van der Waals surface area contributed by atoms with E-state index in [2.05, 4.69) is 5.32 Å². The molecule has 0 bridgehead atoms. The maximum absolute atomic E-state index is 12.5. The van der Waals surface area contributed by atoms with E-state index in [9.17, 15) is 9.59 Å². The van der Waals surface area contributed by atoms with Crippen molar-refractivity contribution in [3.63, 3.8) is 0 Å².